The van der Waals surface area contributed by atoms with E-state index in [1.165, 1.54) is 7.11 Å². The van der Waals surface area contributed by atoms with E-state index in [0.29, 0.717) is 19.3 Å². The molecule has 70 valence electrons. The van der Waals surface area contributed by atoms with Crippen LogP contribution in [0.15, 0.2) is 0 Å². The fourth-order valence-corrected chi connectivity index (χ4v) is 1.57. The summed E-state index contributed by atoms with van der Waals surface area (Å²) in [6, 6.07) is -0.275. The molecule has 4 heteroatoms. The summed E-state index contributed by atoms with van der Waals surface area (Å²) in [7, 11) is 1.37. The van der Waals surface area contributed by atoms with Crippen LogP contribution in [0.1, 0.15) is 19.3 Å². The van der Waals surface area contributed by atoms with E-state index in [9.17, 15) is 9.90 Å². The van der Waals surface area contributed by atoms with Crippen LogP contribution >= 0.6 is 0 Å². The number of hydrogen-bond acceptors (Lipinski definition) is 4. The molecule has 4 nitrogen and oxygen atoms in total. The molecule has 0 spiro atoms. The summed E-state index contributed by atoms with van der Waals surface area (Å²) in [5.74, 6) is -0.328. The first-order chi connectivity index (χ1) is 5.65. The highest BCUT2D eigenvalue weighted by atomic mass is 16.5. The van der Waals surface area contributed by atoms with Crippen molar-refractivity contribution in [2.75, 3.05) is 7.11 Å². The van der Waals surface area contributed by atoms with Crippen molar-refractivity contribution in [2.45, 2.75) is 31.4 Å². The topological polar surface area (TPSA) is 72.5 Å². The van der Waals surface area contributed by atoms with Crippen LogP contribution in [0.4, 0.5) is 0 Å². The number of aliphatic hydroxyl groups is 1. The SMILES string of the molecule is COC(=O)C1CC[C@@H](O)[C@H](N)C1. The molecule has 1 saturated carbocycles. The second kappa shape index (κ2) is 3.87. The molecule has 0 heterocycles. The Labute approximate surface area is 71.7 Å². The van der Waals surface area contributed by atoms with E-state index < -0.39 is 6.10 Å². The quantitative estimate of drug-likeness (QED) is 0.531. The van der Waals surface area contributed by atoms with Crippen molar-refractivity contribution in [1.82, 2.24) is 0 Å². The summed E-state index contributed by atoms with van der Waals surface area (Å²) in [5, 5.41) is 9.27. The first-order valence-electron chi connectivity index (χ1n) is 4.16. The van der Waals surface area contributed by atoms with Crippen molar-refractivity contribution < 1.29 is 14.6 Å². The fourth-order valence-electron chi connectivity index (χ4n) is 1.57. The van der Waals surface area contributed by atoms with Crippen molar-refractivity contribution in [3.05, 3.63) is 0 Å². The molecule has 0 aliphatic heterocycles. The van der Waals surface area contributed by atoms with E-state index in [-0.39, 0.29) is 17.9 Å². The van der Waals surface area contributed by atoms with E-state index >= 15 is 0 Å². The molecule has 0 saturated heterocycles. The van der Waals surface area contributed by atoms with Crippen LogP contribution in [-0.2, 0) is 9.53 Å². The predicted molar refractivity (Wildman–Crippen MR) is 43.3 cm³/mol. The zero-order valence-corrected chi connectivity index (χ0v) is 7.19. The van der Waals surface area contributed by atoms with Crippen LogP contribution in [0.5, 0.6) is 0 Å². The van der Waals surface area contributed by atoms with Gasteiger partial charge in [-0.1, -0.05) is 0 Å². The van der Waals surface area contributed by atoms with Gasteiger partial charge in [0.2, 0.25) is 0 Å². The lowest BCUT2D eigenvalue weighted by Gasteiger charge is -2.28. The standard InChI is InChI=1S/C8H15NO3/c1-12-8(11)5-2-3-7(10)6(9)4-5/h5-7,10H,2-4,9H2,1H3/t5?,6-,7-/m1/s1. The summed E-state index contributed by atoms with van der Waals surface area (Å²) < 4.78 is 4.60. The van der Waals surface area contributed by atoms with Gasteiger partial charge in [-0.2, -0.15) is 0 Å². The molecule has 1 fully saturated rings. The largest absolute Gasteiger partial charge is 0.469 e. The second-order valence-corrected chi connectivity index (χ2v) is 3.26. The second-order valence-electron chi connectivity index (χ2n) is 3.26. The van der Waals surface area contributed by atoms with Gasteiger partial charge in [-0.05, 0) is 19.3 Å². The number of carbonyl (C=O) groups excluding carboxylic acids is 1. The first kappa shape index (κ1) is 9.48. The van der Waals surface area contributed by atoms with E-state index in [1.807, 2.05) is 0 Å². The zero-order valence-electron chi connectivity index (χ0n) is 7.19. The number of ether oxygens (including phenoxy) is 1. The van der Waals surface area contributed by atoms with Crippen LogP contribution in [-0.4, -0.2) is 30.3 Å². The van der Waals surface area contributed by atoms with Crippen molar-refractivity contribution >= 4 is 5.97 Å². The number of aliphatic hydroxyl groups excluding tert-OH is 1. The normalized spacial score (nSPS) is 36.1. The highest BCUT2D eigenvalue weighted by Crippen LogP contribution is 2.24. The predicted octanol–water partition coefficient (Wildman–Crippen LogP) is -0.352. The number of esters is 1. The molecule has 1 rings (SSSR count). The maximum Gasteiger partial charge on any atom is 0.308 e. The van der Waals surface area contributed by atoms with Crippen molar-refractivity contribution in [1.29, 1.82) is 0 Å². The van der Waals surface area contributed by atoms with Gasteiger partial charge in [-0.15, -0.1) is 0 Å². The van der Waals surface area contributed by atoms with Crippen molar-refractivity contribution in [2.24, 2.45) is 11.7 Å². The third kappa shape index (κ3) is 1.95. The minimum atomic E-state index is -0.453. The highest BCUT2D eigenvalue weighted by Gasteiger charge is 2.31. The smallest absolute Gasteiger partial charge is 0.308 e. The minimum absolute atomic E-state index is 0.117. The Morgan fingerprint density at radius 1 is 1.58 bits per heavy atom. The van der Waals surface area contributed by atoms with Crippen LogP contribution in [0.25, 0.3) is 0 Å². The molecule has 1 aliphatic rings. The molecule has 0 bridgehead atoms. The Hall–Kier alpha value is -0.610. The lowest BCUT2D eigenvalue weighted by Crippen LogP contribution is -2.42. The molecule has 0 aromatic heterocycles. The Bertz CT molecular complexity index is 172. The maximum atomic E-state index is 11.1. The molecule has 1 aliphatic carbocycles. The molecule has 3 N–H and O–H groups in total. The summed E-state index contributed by atoms with van der Waals surface area (Å²) in [4.78, 5) is 11.1. The van der Waals surface area contributed by atoms with Crippen molar-refractivity contribution in [3.8, 4) is 0 Å². The Morgan fingerprint density at radius 2 is 2.25 bits per heavy atom. The molecule has 1 unspecified atom stereocenters. The van der Waals surface area contributed by atoms with E-state index in [0.717, 1.165) is 0 Å². The minimum Gasteiger partial charge on any atom is -0.469 e. The van der Waals surface area contributed by atoms with Crippen LogP contribution in [0, 0.1) is 5.92 Å². The third-order valence-corrected chi connectivity index (χ3v) is 2.40. The summed E-state index contributed by atoms with van der Waals surface area (Å²) in [6.45, 7) is 0. The molecular weight excluding hydrogens is 158 g/mol. The van der Waals surface area contributed by atoms with Gasteiger partial charge >= 0.3 is 5.97 Å². The number of rotatable bonds is 1. The van der Waals surface area contributed by atoms with Gasteiger partial charge in [0.25, 0.3) is 0 Å². The highest BCUT2D eigenvalue weighted by molar-refractivity contribution is 5.72. The summed E-state index contributed by atoms with van der Waals surface area (Å²) in [5.41, 5.74) is 5.60. The van der Waals surface area contributed by atoms with Gasteiger partial charge in [0.05, 0.1) is 19.1 Å². The van der Waals surface area contributed by atoms with Gasteiger partial charge in [-0.25, -0.2) is 0 Å². The van der Waals surface area contributed by atoms with Gasteiger partial charge in [0, 0.05) is 6.04 Å². The molecule has 0 amide bonds. The number of carbonyl (C=O) groups is 1. The Kier molecular flexibility index (Phi) is 3.05. The van der Waals surface area contributed by atoms with Gasteiger partial charge < -0.3 is 15.6 Å². The van der Waals surface area contributed by atoms with Crippen LogP contribution in [0.2, 0.25) is 0 Å². The summed E-state index contributed by atoms with van der Waals surface area (Å²) >= 11 is 0. The van der Waals surface area contributed by atoms with Gasteiger partial charge in [0.15, 0.2) is 0 Å². The number of nitrogens with two attached hydrogens (primary N) is 1. The van der Waals surface area contributed by atoms with Crippen LogP contribution < -0.4 is 5.73 Å². The first-order valence-corrected chi connectivity index (χ1v) is 4.16. The van der Waals surface area contributed by atoms with Crippen LogP contribution in [0.3, 0.4) is 0 Å². The lowest BCUT2D eigenvalue weighted by molar-refractivity contribution is -0.147. The van der Waals surface area contributed by atoms with E-state index in [2.05, 4.69) is 4.74 Å². The summed E-state index contributed by atoms with van der Waals surface area (Å²) in [6.07, 6.45) is 1.36. The molecular formula is C8H15NO3. The maximum absolute atomic E-state index is 11.1. The molecule has 0 radical (unpaired) electrons. The van der Waals surface area contributed by atoms with Gasteiger partial charge in [-0.3, -0.25) is 4.79 Å². The molecule has 3 atom stereocenters. The number of hydrogen-bond donors (Lipinski definition) is 2. The monoisotopic (exact) mass is 173 g/mol. The molecule has 0 aromatic carbocycles. The Balaban J connectivity index is 2.45. The number of methoxy groups -OCH3 is 1. The zero-order chi connectivity index (χ0) is 9.14. The molecule has 12 heavy (non-hydrogen) atoms. The molecule has 0 aromatic rings. The average molecular weight is 173 g/mol. The van der Waals surface area contributed by atoms with E-state index in [4.69, 9.17) is 5.73 Å². The van der Waals surface area contributed by atoms with E-state index in [1.54, 1.807) is 0 Å². The average Bonchev–Trinajstić information content (AvgIpc) is 2.08. The fraction of sp³-hybridized carbons (Fsp3) is 0.875. The lowest BCUT2D eigenvalue weighted by atomic mass is 9.84. The third-order valence-electron chi connectivity index (χ3n) is 2.40. The van der Waals surface area contributed by atoms with Gasteiger partial charge in [0.1, 0.15) is 0 Å². The Morgan fingerprint density at radius 3 is 2.75 bits per heavy atom. The van der Waals surface area contributed by atoms with Crippen molar-refractivity contribution in [3.63, 3.8) is 0 Å².